The molecule has 0 unspecified atom stereocenters. The molecule has 0 atom stereocenters. The summed E-state index contributed by atoms with van der Waals surface area (Å²) in [4.78, 5) is 19.4. The van der Waals surface area contributed by atoms with E-state index in [1.807, 2.05) is 29.9 Å². The molecule has 5 rings (SSSR count). The van der Waals surface area contributed by atoms with Gasteiger partial charge in [-0.2, -0.15) is 18.3 Å². The Kier molecular flexibility index (Phi) is 6.00. The Morgan fingerprint density at radius 3 is 2.33 bits per heavy atom. The summed E-state index contributed by atoms with van der Waals surface area (Å²) >= 11 is 0. The quantitative estimate of drug-likeness (QED) is 0.437. The number of fused-ring (bicyclic) bond motifs is 1. The Balaban J connectivity index is 1.52. The second kappa shape index (κ2) is 9.15. The van der Waals surface area contributed by atoms with Crippen molar-refractivity contribution in [1.82, 2.24) is 24.6 Å². The lowest BCUT2D eigenvalue weighted by Crippen LogP contribution is -2.39. The van der Waals surface area contributed by atoms with E-state index >= 15 is 0 Å². The molecule has 0 radical (unpaired) electrons. The molecule has 1 amide bonds. The van der Waals surface area contributed by atoms with Crippen LogP contribution >= 0.6 is 0 Å². The summed E-state index contributed by atoms with van der Waals surface area (Å²) in [7, 11) is 3.33. The summed E-state index contributed by atoms with van der Waals surface area (Å²) < 4.78 is 49.6. The van der Waals surface area contributed by atoms with Crippen molar-refractivity contribution in [3.05, 3.63) is 83.7 Å². The molecule has 1 N–H and O–H groups in total. The number of carbonyl (C=O) groups is 1. The SMILES string of the molecule is CNCc1nccn1-c1ccc(N2CCc3c(C(F)(F)F)nn(-c4ccc(OC)cc4)c3C2=O)cc1. The number of ether oxygens (including phenoxy) is 1. The summed E-state index contributed by atoms with van der Waals surface area (Å²) in [5.74, 6) is 0.827. The number of benzene rings is 2. The minimum atomic E-state index is -4.68. The molecule has 2 aromatic carbocycles. The van der Waals surface area contributed by atoms with Crippen molar-refractivity contribution >= 4 is 11.6 Å². The van der Waals surface area contributed by atoms with Crippen LogP contribution in [0.1, 0.15) is 27.6 Å². The van der Waals surface area contributed by atoms with Crippen LogP contribution in [0.4, 0.5) is 18.9 Å². The van der Waals surface area contributed by atoms with E-state index in [0.717, 1.165) is 16.2 Å². The zero-order chi connectivity index (χ0) is 25.4. The topological polar surface area (TPSA) is 77.2 Å². The van der Waals surface area contributed by atoms with E-state index in [9.17, 15) is 18.0 Å². The summed E-state index contributed by atoms with van der Waals surface area (Å²) in [5.41, 5.74) is 0.564. The van der Waals surface area contributed by atoms with Crippen molar-refractivity contribution in [2.24, 2.45) is 0 Å². The highest BCUT2D eigenvalue weighted by Gasteiger charge is 2.43. The van der Waals surface area contributed by atoms with Gasteiger partial charge in [0, 0.05) is 35.9 Å². The van der Waals surface area contributed by atoms with Gasteiger partial charge in [0.15, 0.2) is 5.69 Å². The fourth-order valence-corrected chi connectivity index (χ4v) is 4.40. The summed E-state index contributed by atoms with van der Waals surface area (Å²) in [6.45, 7) is 0.692. The first-order chi connectivity index (χ1) is 17.3. The highest BCUT2D eigenvalue weighted by atomic mass is 19.4. The molecule has 1 aliphatic heterocycles. The predicted octanol–water partition coefficient (Wildman–Crippen LogP) is 4.01. The average Bonchev–Trinajstić information content (AvgIpc) is 3.50. The van der Waals surface area contributed by atoms with Crippen LogP contribution in [0.25, 0.3) is 11.4 Å². The fourth-order valence-electron chi connectivity index (χ4n) is 4.40. The van der Waals surface area contributed by atoms with Crippen LogP contribution in [0.15, 0.2) is 60.9 Å². The standard InChI is InChI=1S/C25H23F3N6O2/c1-29-15-21-30-12-14-32(21)16-3-5-17(6-4-16)33-13-11-20-22(24(33)35)34(31-23(20)25(26,27)28)18-7-9-19(36-2)10-8-18/h3-10,12,14,29H,11,13,15H2,1-2H3. The Bertz CT molecular complexity index is 1390. The van der Waals surface area contributed by atoms with Crippen molar-refractivity contribution in [1.29, 1.82) is 0 Å². The molecule has 8 nitrogen and oxygen atoms in total. The monoisotopic (exact) mass is 496 g/mol. The lowest BCUT2D eigenvalue weighted by molar-refractivity contribution is -0.141. The molecule has 3 heterocycles. The molecule has 11 heteroatoms. The number of halogens is 3. The first-order valence-electron chi connectivity index (χ1n) is 11.2. The molecule has 0 saturated carbocycles. The first kappa shape index (κ1) is 23.6. The van der Waals surface area contributed by atoms with E-state index in [1.54, 1.807) is 42.6 Å². The molecule has 36 heavy (non-hydrogen) atoms. The van der Waals surface area contributed by atoms with Gasteiger partial charge in [0.05, 0.1) is 19.3 Å². The maximum Gasteiger partial charge on any atom is 0.435 e. The number of rotatable bonds is 6. The third-order valence-corrected chi connectivity index (χ3v) is 6.09. The normalized spacial score (nSPS) is 13.7. The van der Waals surface area contributed by atoms with Gasteiger partial charge >= 0.3 is 6.18 Å². The maximum absolute atomic E-state index is 13.8. The van der Waals surface area contributed by atoms with Crippen LogP contribution in [0, 0.1) is 0 Å². The number of imidazole rings is 1. The number of nitrogens with zero attached hydrogens (tertiary/aromatic N) is 5. The number of methoxy groups -OCH3 is 1. The molecule has 1 aliphatic rings. The van der Waals surface area contributed by atoms with Gasteiger partial charge in [-0.3, -0.25) is 4.79 Å². The molecule has 2 aromatic heterocycles. The van der Waals surface area contributed by atoms with E-state index < -0.39 is 17.8 Å². The second-order valence-corrected chi connectivity index (χ2v) is 8.25. The van der Waals surface area contributed by atoms with Crippen LogP contribution in [0.3, 0.4) is 0 Å². The Hall–Kier alpha value is -4.12. The van der Waals surface area contributed by atoms with Crippen molar-refractivity contribution in [2.45, 2.75) is 19.1 Å². The average molecular weight is 496 g/mol. The van der Waals surface area contributed by atoms with Crippen molar-refractivity contribution in [3.63, 3.8) is 0 Å². The molecular weight excluding hydrogens is 473 g/mol. The number of hydrogen-bond acceptors (Lipinski definition) is 5. The summed E-state index contributed by atoms with van der Waals surface area (Å²) in [6, 6.07) is 13.6. The molecule has 0 fully saturated rings. The molecule has 0 spiro atoms. The van der Waals surface area contributed by atoms with Crippen molar-refractivity contribution < 1.29 is 22.7 Å². The van der Waals surface area contributed by atoms with Gasteiger partial charge in [0.2, 0.25) is 0 Å². The van der Waals surface area contributed by atoms with Gasteiger partial charge in [0.25, 0.3) is 5.91 Å². The lowest BCUT2D eigenvalue weighted by atomic mass is 10.0. The van der Waals surface area contributed by atoms with Crippen molar-refractivity contribution in [2.75, 3.05) is 25.6 Å². The van der Waals surface area contributed by atoms with Gasteiger partial charge in [-0.05, 0) is 62.0 Å². The Morgan fingerprint density at radius 1 is 1.03 bits per heavy atom. The van der Waals surface area contributed by atoms with Crippen LogP contribution < -0.4 is 15.0 Å². The molecule has 0 aliphatic carbocycles. The zero-order valence-corrected chi connectivity index (χ0v) is 19.6. The Labute approximate surface area is 204 Å². The highest BCUT2D eigenvalue weighted by Crippen LogP contribution is 2.37. The van der Waals surface area contributed by atoms with Gasteiger partial charge < -0.3 is 19.5 Å². The maximum atomic E-state index is 13.8. The predicted molar refractivity (Wildman–Crippen MR) is 127 cm³/mol. The lowest BCUT2D eigenvalue weighted by Gasteiger charge is -2.28. The molecule has 186 valence electrons. The third kappa shape index (κ3) is 4.11. The number of alkyl halides is 3. The molecule has 4 aromatic rings. The van der Waals surface area contributed by atoms with Gasteiger partial charge in [-0.1, -0.05) is 0 Å². The van der Waals surface area contributed by atoms with Gasteiger partial charge in [0.1, 0.15) is 17.3 Å². The summed E-state index contributed by atoms with van der Waals surface area (Å²) in [6.07, 6.45) is -1.11. The number of aromatic nitrogens is 4. The van der Waals surface area contributed by atoms with Crippen LogP contribution in [-0.4, -0.2) is 45.9 Å². The fraction of sp³-hybridized carbons (Fsp3) is 0.240. The Morgan fingerprint density at radius 2 is 1.69 bits per heavy atom. The van der Waals surface area contributed by atoms with E-state index in [-0.39, 0.29) is 24.2 Å². The number of nitrogens with one attached hydrogen (secondary N) is 1. The largest absolute Gasteiger partial charge is 0.497 e. The number of anilines is 1. The summed E-state index contributed by atoms with van der Waals surface area (Å²) in [5, 5.41) is 6.89. The third-order valence-electron chi connectivity index (χ3n) is 6.09. The highest BCUT2D eigenvalue weighted by molar-refractivity contribution is 6.07. The number of carbonyl (C=O) groups excluding carboxylic acids is 1. The molecular formula is C25H23F3N6O2. The van der Waals surface area contributed by atoms with Crippen LogP contribution in [-0.2, 0) is 19.1 Å². The van der Waals surface area contributed by atoms with Crippen molar-refractivity contribution in [3.8, 4) is 17.1 Å². The smallest absolute Gasteiger partial charge is 0.435 e. The van der Waals surface area contributed by atoms with Crippen LogP contribution in [0.2, 0.25) is 0 Å². The van der Waals surface area contributed by atoms with Gasteiger partial charge in [-0.25, -0.2) is 9.67 Å². The first-order valence-corrected chi connectivity index (χ1v) is 11.2. The zero-order valence-electron chi connectivity index (χ0n) is 19.6. The van der Waals surface area contributed by atoms with E-state index in [1.165, 1.54) is 12.0 Å². The second-order valence-electron chi connectivity index (χ2n) is 8.25. The number of hydrogen-bond donors (Lipinski definition) is 1. The van der Waals surface area contributed by atoms with E-state index in [2.05, 4.69) is 15.4 Å². The minimum Gasteiger partial charge on any atom is -0.497 e. The van der Waals surface area contributed by atoms with Crippen LogP contribution in [0.5, 0.6) is 5.75 Å². The van der Waals surface area contributed by atoms with E-state index in [4.69, 9.17) is 4.74 Å². The van der Waals surface area contributed by atoms with Gasteiger partial charge in [-0.15, -0.1) is 0 Å². The molecule has 0 bridgehead atoms. The van der Waals surface area contributed by atoms with E-state index in [0.29, 0.717) is 23.7 Å². The number of amides is 1. The minimum absolute atomic E-state index is 0.0294. The molecule has 0 saturated heterocycles.